The maximum absolute atomic E-state index is 13.5. The van der Waals surface area contributed by atoms with E-state index >= 15 is 0 Å². The van der Waals surface area contributed by atoms with Crippen LogP contribution in [-0.2, 0) is 14.4 Å². The summed E-state index contributed by atoms with van der Waals surface area (Å²) >= 11 is 0. The van der Waals surface area contributed by atoms with Gasteiger partial charge in [0.2, 0.25) is 11.8 Å². The van der Waals surface area contributed by atoms with Gasteiger partial charge in [-0.25, -0.2) is 4.98 Å². The summed E-state index contributed by atoms with van der Waals surface area (Å²) in [7, 11) is 0. The number of nitrogens with zero attached hydrogens (tertiary/aromatic N) is 2. The SMILES string of the molecule is CCC(C(N)=O)[C@@H](C)C(=O)N[C@@H]1C(=O)N(CCO)c2ncccc2-c2ccccc21. The molecule has 3 atom stereocenters. The molecule has 3 rings (SSSR count). The third-order valence-electron chi connectivity index (χ3n) is 5.55. The molecule has 30 heavy (non-hydrogen) atoms. The summed E-state index contributed by atoms with van der Waals surface area (Å²) in [5.74, 6) is -2.28. The molecule has 0 saturated heterocycles. The number of nitrogens with one attached hydrogen (secondary N) is 1. The Hall–Kier alpha value is -3.26. The van der Waals surface area contributed by atoms with Crippen molar-refractivity contribution in [2.75, 3.05) is 18.1 Å². The number of pyridine rings is 1. The number of primary amides is 1. The molecule has 0 radical (unpaired) electrons. The van der Waals surface area contributed by atoms with Crippen molar-refractivity contribution in [3.63, 3.8) is 0 Å². The predicted octanol–water partition coefficient (Wildman–Crippen LogP) is 1.39. The van der Waals surface area contributed by atoms with Gasteiger partial charge in [-0.3, -0.25) is 19.3 Å². The number of aliphatic hydroxyl groups is 1. The van der Waals surface area contributed by atoms with Gasteiger partial charge in [0.05, 0.1) is 13.2 Å². The second-order valence-corrected chi connectivity index (χ2v) is 7.32. The molecular formula is C22H26N4O4. The number of carbonyl (C=O) groups is 3. The van der Waals surface area contributed by atoms with Crippen LogP contribution in [0.25, 0.3) is 11.1 Å². The fourth-order valence-corrected chi connectivity index (χ4v) is 3.92. The van der Waals surface area contributed by atoms with Crippen LogP contribution in [0.4, 0.5) is 5.82 Å². The monoisotopic (exact) mass is 410 g/mol. The number of fused-ring (bicyclic) bond motifs is 3. The normalized spacial score (nSPS) is 17.4. The first kappa shape index (κ1) is 21.4. The number of hydrogen-bond donors (Lipinski definition) is 3. The topological polar surface area (TPSA) is 126 Å². The molecule has 3 amide bonds. The highest BCUT2D eigenvalue weighted by atomic mass is 16.3. The molecule has 0 fully saturated rings. The van der Waals surface area contributed by atoms with Crippen LogP contribution in [0.5, 0.6) is 0 Å². The Bertz CT molecular complexity index is 962. The zero-order valence-corrected chi connectivity index (χ0v) is 17.0. The van der Waals surface area contributed by atoms with Crippen LogP contribution in [0.2, 0.25) is 0 Å². The Labute approximate surface area is 175 Å². The predicted molar refractivity (Wildman–Crippen MR) is 112 cm³/mol. The minimum atomic E-state index is -0.984. The van der Waals surface area contributed by atoms with Crippen molar-refractivity contribution in [3.05, 3.63) is 48.2 Å². The van der Waals surface area contributed by atoms with Gasteiger partial charge in [-0.05, 0) is 29.7 Å². The molecular weight excluding hydrogens is 384 g/mol. The van der Waals surface area contributed by atoms with E-state index < -0.39 is 35.6 Å². The molecule has 8 heteroatoms. The summed E-state index contributed by atoms with van der Waals surface area (Å²) in [5, 5.41) is 12.3. The molecule has 0 aliphatic carbocycles. The second kappa shape index (κ2) is 9.04. The van der Waals surface area contributed by atoms with E-state index in [-0.39, 0.29) is 13.2 Å². The maximum atomic E-state index is 13.5. The standard InChI is InChI=1S/C22H26N4O4/c1-3-14(19(23)28)13(2)21(29)25-18-16-8-5-4-7-15(16)17-9-6-10-24-20(17)26(11-12-27)22(18)30/h4-10,13-14,18,27H,3,11-12H2,1-2H3,(H2,23,28)(H,25,29)/t13-,14?,18+/m1/s1. The van der Waals surface area contributed by atoms with Crippen molar-refractivity contribution in [1.29, 1.82) is 0 Å². The van der Waals surface area contributed by atoms with E-state index in [4.69, 9.17) is 5.73 Å². The Balaban J connectivity index is 2.05. The van der Waals surface area contributed by atoms with Gasteiger partial charge in [-0.1, -0.05) is 38.1 Å². The van der Waals surface area contributed by atoms with Crippen molar-refractivity contribution < 1.29 is 19.5 Å². The van der Waals surface area contributed by atoms with Gasteiger partial charge in [0, 0.05) is 23.6 Å². The number of anilines is 1. The zero-order valence-electron chi connectivity index (χ0n) is 17.0. The quantitative estimate of drug-likeness (QED) is 0.636. The highest BCUT2D eigenvalue weighted by Gasteiger charge is 2.37. The molecule has 0 bridgehead atoms. The first-order valence-electron chi connectivity index (χ1n) is 9.96. The summed E-state index contributed by atoms with van der Waals surface area (Å²) in [6.45, 7) is 3.20. The highest BCUT2D eigenvalue weighted by molar-refractivity contribution is 6.05. The minimum Gasteiger partial charge on any atom is -0.395 e. The molecule has 0 saturated carbocycles. The van der Waals surface area contributed by atoms with Crippen molar-refractivity contribution in [2.45, 2.75) is 26.3 Å². The van der Waals surface area contributed by atoms with Gasteiger partial charge in [0.1, 0.15) is 11.9 Å². The van der Waals surface area contributed by atoms with Crippen LogP contribution in [0.1, 0.15) is 31.9 Å². The number of aromatic nitrogens is 1. The molecule has 1 aliphatic heterocycles. The van der Waals surface area contributed by atoms with E-state index in [1.807, 2.05) is 18.2 Å². The Morgan fingerprint density at radius 2 is 1.93 bits per heavy atom. The van der Waals surface area contributed by atoms with Crippen LogP contribution in [-0.4, -0.2) is 41.0 Å². The van der Waals surface area contributed by atoms with Crippen molar-refractivity contribution in [3.8, 4) is 11.1 Å². The summed E-state index contributed by atoms with van der Waals surface area (Å²) in [6, 6.07) is 9.94. The smallest absolute Gasteiger partial charge is 0.255 e. The second-order valence-electron chi connectivity index (χ2n) is 7.32. The molecule has 8 nitrogen and oxygen atoms in total. The third kappa shape index (κ3) is 3.91. The maximum Gasteiger partial charge on any atom is 0.255 e. The average Bonchev–Trinajstić information content (AvgIpc) is 2.84. The van der Waals surface area contributed by atoms with Crippen LogP contribution in [0, 0.1) is 11.8 Å². The lowest BCUT2D eigenvalue weighted by Gasteiger charge is -2.27. The summed E-state index contributed by atoms with van der Waals surface area (Å²) in [4.78, 5) is 43.9. The van der Waals surface area contributed by atoms with E-state index in [2.05, 4.69) is 10.3 Å². The van der Waals surface area contributed by atoms with Crippen LogP contribution in [0.3, 0.4) is 0 Å². The molecule has 4 N–H and O–H groups in total. The summed E-state index contributed by atoms with van der Waals surface area (Å²) in [6.07, 6.45) is 2.00. The molecule has 1 aromatic heterocycles. The van der Waals surface area contributed by atoms with Gasteiger partial charge >= 0.3 is 0 Å². The Morgan fingerprint density at radius 1 is 1.23 bits per heavy atom. The lowest BCUT2D eigenvalue weighted by Crippen LogP contribution is -2.46. The van der Waals surface area contributed by atoms with Gasteiger partial charge in [-0.15, -0.1) is 0 Å². The third-order valence-corrected chi connectivity index (χ3v) is 5.55. The number of hydrogen-bond acceptors (Lipinski definition) is 5. The number of nitrogens with two attached hydrogens (primary N) is 1. The minimum absolute atomic E-state index is 0.0393. The summed E-state index contributed by atoms with van der Waals surface area (Å²) < 4.78 is 0. The lowest BCUT2D eigenvalue weighted by atomic mass is 9.89. The Kier molecular flexibility index (Phi) is 6.47. The molecule has 1 unspecified atom stereocenters. The van der Waals surface area contributed by atoms with Crippen molar-refractivity contribution >= 4 is 23.5 Å². The largest absolute Gasteiger partial charge is 0.395 e. The van der Waals surface area contributed by atoms with E-state index in [0.29, 0.717) is 17.8 Å². The van der Waals surface area contributed by atoms with Crippen molar-refractivity contribution in [2.24, 2.45) is 17.6 Å². The fraction of sp³-hybridized carbons (Fsp3) is 0.364. The van der Waals surface area contributed by atoms with Gasteiger partial charge in [0.15, 0.2) is 0 Å². The van der Waals surface area contributed by atoms with E-state index in [9.17, 15) is 19.5 Å². The van der Waals surface area contributed by atoms with Crippen LogP contribution >= 0.6 is 0 Å². The van der Waals surface area contributed by atoms with Gasteiger partial charge < -0.3 is 16.2 Å². The van der Waals surface area contributed by atoms with Crippen LogP contribution in [0.15, 0.2) is 42.6 Å². The number of amides is 3. The van der Waals surface area contributed by atoms with E-state index in [0.717, 1.165) is 11.1 Å². The van der Waals surface area contributed by atoms with Crippen LogP contribution < -0.4 is 16.0 Å². The number of rotatable bonds is 7. The summed E-state index contributed by atoms with van der Waals surface area (Å²) in [5.41, 5.74) is 7.58. The molecule has 2 heterocycles. The number of aliphatic hydroxyl groups excluding tert-OH is 1. The number of β-amino-alcohol motifs (C(OH)–C–C–N with tert-alkyl or cyclic N) is 1. The Morgan fingerprint density at radius 3 is 2.60 bits per heavy atom. The average molecular weight is 410 g/mol. The first-order valence-corrected chi connectivity index (χ1v) is 9.96. The highest BCUT2D eigenvalue weighted by Crippen LogP contribution is 2.39. The van der Waals surface area contributed by atoms with Gasteiger partial charge in [0.25, 0.3) is 5.91 Å². The molecule has 1 aliphatic rings. The van der Waals surface area contributed by atoms with Crippen molar-refractivity contribution in [1.82, 2.24) is 10.3 Å². The molecule has 158 valence electrons. The molecule has 1 aromatic carbocycles. The number of carbonyl (C=O) groups excluding carboxylic acids is 3. The number of benzene rings is 1. The zero-order chi connectivity index (χ0) is 21.8. The first-order chi connectivity index (χ1) is 14.4. The lowest BCUT2D eigenvalue weighted by molar-refractivity contribution is -0.134. The fourth-order valence-electron chi connectivity index (χ4n) is 3.92. The van der Waals surface area contributed by atoms with E-state index in [1.165, 1.54) is 4.90 Å². The molecule has 0 spiro atoms. The molecule has 2 aromatic rings. The van der Waals surface area contributed by atoms with E-state index in [1.54, 1.807) is 38.2 Å². The van der Waals surface area contributed by atoms with Gasteiger partial charge in [-0.2, -0.15) is 0 Å².